The molecule has 2 heterocycles. The Kier molecular flexibility index (Phi) is 5.37. The van der Waals surface area contributed by atoms with Gasteiger partial charge in [0.05, 0.1) is 6.20 Å². The molecule has 8 heteroatoms. The quantitative estimate of drug-likeness (QED) is 0.645. The Morgan fingerprint density at radius 1 is 1.43 bits per heavy atom. The van der Waals surface area contributed by atoms with E-state index in [4.69, 9.17) is 4.74 Å². The van der Waals surface area contributed by atoms with Gasteiger partial charge in [0.2, 0.25) is 0 Å². The van der Waals surface area contributed by atoms with Crippen molar-refractivity contribution in [3.63, 3.8) is 0 Å². The zero-order valence-corrected chi connectivity index (χ0v) is 13.4. The molecule has 0 saturated carbocycles. The lowest BCUT2D eigenvalue weighted by molar-refractivity contribution is 0.0537. The lowest BCUT2D eigenvalue weighted by Gasteiger charge is -2.33. The SMILES string of the molecule is CCCNCc1cn[nH]c1S(=O)(=O)NC1(C)CCOCC1. The molecular formula is C13H24N4O3S. The van der Waals surface area contributed by atoms with Gasteiger partial charge in [-0.15, -0.1) is 0 Å². The highest BCUT2D eigenvalue weighted by Gasteiger charge is 2.34. The lowest BCUT2D eigenvalue weighted by atomic mass is 9.94. The number of aromatic nitrogens is 2. The summed E-state index contributed by atoms with van der Waals surface area (Å²) in [5, 5.41) is 9.82. The lowest BCUT2D eigenvalue weighted by Crippen LogP contribution is -2.49. The molecule has 120 valence electrons. The summed E-state index contributed by atoms with van der Waals surface area (Å²) in [6, 6.07) is 0. The molecular weight excluding hydrogens is 292 g/mol. The fourth-order valence-electron chi connectivity index (χ4n) is 2.36. The number of hydrogen-bond donors (Lipinski definition) is 3. The molecule has 0 aliphatic carbocycles. The van der Waals surface area contributed by atoms with Gasteiger partial charge in [-0.3, -0.25) is 5.10 Å². The second-order valence-electron chi connectivity index (χ2n) is 5.68. The van der Waals surface area contributed by atoms with E-state index < -0.39 is 15.6 Å². The fourth-order valence-corrected chi connectivity index (χ4v) is 3.95. The van der Waals surface area contributed by atoms with E-state index in [1.54, 1.807) is 6.20 Å². The van der Waals surface area contributed by atoms with E-state index in [2.05, 4.69) is 27.2 Å². The molecule has 1 saturated heterocycles. The molecule has 1 aromatic heterocycles. The van der Waals surface area contributed by atoms with Crippen molar-refractivity contribution in [2.24, 2.45) is 0 Å². The van der Waals surface area contributed by atoms with Crippen molar-refractivity contribution >= 4 is 10.0 Å². The van der Waals surface area contributed by atoms with Crippen LogP contribution in [0.4, 0.5) is 0 Å². The maximum absolute atomic E-state index is 12.6. The normalized spacial score (nSPS) is 18.8. The molecule has 0 bridgehead atoms. The average molecular weight is 316 g/mol. The maximum Gasteiger partial charge on any atom is 0.258 e. The van der Waals surface area contributed by atoms with E-state index in [-0.39, 0.29) is 5.03 Å². The van der Waals surface area contributed by atoms with Crippen molar-refractivity contribution in [2.45, 2.75) is 50.2 Å². The highest BCUT2D eigenvalue weighted by Crippen LogP contribution is 2.23. The van der Waals surface area contributed by atoms with Gasteiger partial charge < -0.3 is 10.1 Å². The first-order chi connectivity index (χ1) is 9.97. The molecule has 1 fully saturated rings. The number of hydrogen-bond acceptors (Lipinski definition) is 5. The first-order valence-electron chi connectivity index (χ1n) is 7.31. The van der Waals surface area contributed by atoms with Crippen LogP contribution >= 0.6 is 0 Å². The number of nitrogens with zero attached hydrogens (tertiary/aromatic N) is 1. The second-order valence-corrected chi connectivity index (χ2v) is 7.30. The van der Waals surface area contributed by atoms with Crippen molar-refractivity contribution in [2.75, 3.05) is 19.8 Å². The van der Waals surface area contributed by atoms with E-state index in [9.17, 15) is 8.42 Å². The predicted octanol–water partition coefficient (Wildman–Crippen LogP) is 0.757. The van der Waals surface area contributed by atoms with Crippen LogP contribution in [0, 0.1) is 0 Å². The molecule has 0 amide bonds. The monoisotopic (exact) mass is 316 g/mol. The van der Waals surface area contributed by atoms with Crippen LogP contribution in [0.3, 0.4) is 0 Å². The van der Waals surface area contributed by atoms with Crippen LogP contribution in [0.2, 0.25) is 0 Å². The molecule has 0 atom stereocenters. The van der Waals surface area contributed by atoms with Gasteiger partial charge in [0.1, 0.15) is 0 Å². The summed E-state index contributed by atoms with van der Waals surface area (Å²) < 4.78 is 33.2. The second kappa shape index (κ2) is 6.87. The molecule has 2 rings (SSSR count). The van der Waals surface area contributed by atoms with Crippen LogP contribution in [0.15, 0.2) is 11.2 Å². The molecule has 0 radical (unpaired) electrons. The third kappa shape index (κ3) is 4.26. The van der Waals surface area contributed by atoms with Crippen LogP contribution in [0.25, 0.3) is 0 Å². The minimum absolute atomic E-state index is 0.152. The number of aromatic amines is 1. The summed E-state index contributed by atoms with van der Waals surface area (Å²) in [7, 11) is -3.61. The van der Waals surface area contributed by atoms with E-state index in [1.807, 2.05) is 6.92 Å². The number of sulfonamides is 1. The van der Waals surface area contributed by atoms with Crippen molar-refractivity contribution < 1.29 is 13.2 Å². The summed E-state index contributed by atoms with van der Waals surface area (Å²) in [5.41, 5.74) is 0.197. The van der Waals surface area contributed by atoms with Crippen molar-refractivity contribution in [3.8, 4) is 0 Å². The van der Waals surface area contributed by atoms with E-state index in [0.717, 1.165) is 13.0 Å². The van der Waals surface area contributed by atoms with Crippen LogP contribution in [0.5, 0.6) is 0 Å². The Hall–Kier alpha value is -0.960. The van der Waals surface area contributed by atoms with Gasteiger partial charge in [-0.25, -0.2) is 13.1 Å². The van der Waals surface area contributed by atoms with Crippen LogP contribution in [-0.4, -0.2) is 43.9 Å². The predicted molar refractivity (Wildman–Crippen MR) is 79.4 cm³/mol. The van der Waals surface area contributed by atoms with Gasteiger partial charge in [0.25, 0.3) is 10.0 Å². The van der Waals surface area contributed by atoms with Gasteiger partial charge >= 0.3 is 0 Å². The van der Waals surface area contributed by atoms with Gasteiger partial charge in [-0.2, -0.15) is 5.10 Å². The van der Waals surface area contributed by atoms with Crippen LogP contribution < -0.4 is 10.0 Å². The number of H-pyrrole nitrogens is 1. The van der Waals surface area contributed by atoms with Gasteiger partial charge in [0.15, 0.2) is 5.03 Å². The average Bonchev–Trinajstić information content (AvgIpc) is 2.88. The zero-order chi connectivity index (χ0) is 15.3. The minimum Gasteiger partial charge on any atom is -0.381 e. The topological polar surface area (TPSA) is 96.1 Å². The van der Waals surface area contributed by atoms with E-state index in [0.29, 0.717) is 38.2 Å². The third-order valence-electron chi connectivity index (χ3n) is 3.67. The smallest absolute Gasteiger partial charge is 0.258 e. The molecule has 21 heavy (non-hydrogen) atoms. The largest absolute Gasteiger partial charge is 0.381 e. The van der Waals surface area contributed by atoms with Gasteiger partial charge in [0, 0.05) is 30.9 Å². The zero-order valence-electron chi connectivity index (χ0n) is 12.6. The maximum atomic E-state index is 12.6. The fraction of sp³-hybridized carbons (Fsp3) is 0.769. The first kappa shape index (κ1) is 16.4. The Balaban J connectivity index is 2.10. The Bertz CT molecular complexity index is 550. The molecule has 7 nitrogen and oxygen atoms in total. The van der Waals surface area contributed by atoms with Gasteiger partial charge in [-0.1, -0.05) is 6.92 Å². The molecule has 0 unspecified atom stereocenters. The first-order valence-corrected chi connectivity index (χ1v) is 8.80. The highest BCUT2D eigenvalue weighted by molar-refractivity contribution is 7.89. The third-order valence-corrected chi connectivity index (χ3v) is 5.32. The standard InChI is InChI=1S/C13H24N4O3S/c1-3-6-14-9-11-10-15-16-12(11)21(18,19)17-13(2)4-7-20-8-5-13/h10,14,17H,3-9H2,1-2H3,(H,15,16). The van der Waals surface area contributed by atoms with Crippen LogP contribution in [-0.2, 0) is 21.3 Å². The summed E-state index contributed by atoms with van der Waals surface area (Å²) in [6.45, 7) is 6.46. The Labute approximate surface area is 125 Å². The van der Waals surface area contributed by atoms with Crippen molar-refractivity contribution in [1.82, 2.24) is 20.2 Å². The summed E-state index contributed by atoms with van der Waals surface area (Å²) in [5.74, 6) is 0. The molecule has 0 spiro atoms. The van der Waals surface area contributed by atoms with E-state index >= 15 is 0 Å². The molecule has 1 aromatic rings. The Morgan fingerprint density at radius 3 is 2.81 bits per heavy atom. The van der Waals surface area contributed by atoms with E-state index in [1.165, 1.54) is 0 Å². The molecule has 1 aliphatic heterocycles. The molecule has 1 aliphatic rings. The summed E-state index contributed by atoms with van der Waals surface area (Å²) in [4.78, 5) is 0. The number of rotatable bonds is 7. The van der Waals surface area contributed by atoms with Crippen molar-refractivity contribution in [3.05, 3.63) is 11.8 Å². The number of nitrogens with one attached hydrogen (secondary N) is 3. The Morgan fingerprint density at radius 2 is 2.14 bits per heavy atom. The minimum atomic E-state index is -3.61. The van der Waals surface area contributed by atoms with Gasteiger partial charge in [-0.05, 0) is 32.7 Å². The summed E-state index contributed by atoms with van der Waals surface area (Å²) in [6.07, 6.45) is 3.90. The molecule has 3 N–H and O–H groups in total. The van der Waals surface area contributed by atoms with Crippen molar-refractivity contribution in [1.29, 1.82) is 0 Å². The summed E-state index contributed by atoms with van der Waals surface area (Å²) >= 11 is 0. The molecule has 0 aromatic carbocycles. The number of ether oxygens (including phenoxy) is 1. The highest BCUT2D eigenvalue weighted by atomic mass is 32.2. The van der Waals surface area contributed by atoms with Crippen LogP contribution in [0.1, 0.15) is 38.7 Å².